The Balaban J connectivity index is 1.78. The van der Waals surface area contributed by atoms with E-state index in [1.165, 1.54) is 30.1 Å². The number of nitrogens with one attached hydrogen (secondary N) is 1. The van der Waals surface area contributed by atoms with Crippen molar-refractivity contribution in [2.24, 2.45) is 7.05 Å². The molecular weight excluding hydrogens is 495 g/mol. The largest absolute Gasteiger partial charge is 0.416 e. The van der Waals surface area contributed by atoms with Gasteiger partial charge in [-0.1, -0.05) is 17.7 Å². The number of halogens is 4. The summed E-state index contributed by atoms with van der Waals surface area (Å²) in [5, 5.41) is 4.48. The molecule has 13 heteroatoms. The van der Waals surface area contributed by atoms with Crippen molar-refractivity contribution >= 4 is 44.1 Å². The molecule has 0 bridgehead atoms. The monoisotopic (exact) mass is 509 g/mol. The number of fused-ring (bicyclic) bond motifs is 1. The highest BCUT2D eigenvalue weighted by atomic mass is 35.5. The number of aromatic nitrogens is 4. The summed E-state index contributed by atoms with van der Waals surface area (Å²) in [4.78, 5) is 20.8. The minimum Gasteiger partial charge on any atom is -0.287 e. The molecule has 0 aliphatic rings. The van der Waals surface area contributed by atoms with Gasteiger partial charge in [-0.2, -0.15) is 18.3 Å². The summed E-state index contributed by atoms with van der Waals surface area (Å²) in [7, 11) is -2.90. The third-order valence-corrected chi connectivity index (χ3v) is 6.59. The zero-order chi connectivity index (χ0) is 24.8. The van der Waals surface area contributed by atoms with E-state index in [1.807, 2.05) is 0 Å². The van der Waals surface area contributed by atoms with Crippen molar-refractivity contribution in [3.05, 3.63) is 76.3 Å². The van der Waals surface area contributed by atoms with Crippen molar-refractivity contribution in [2.75, 3.05) is 4.72 Å². The fourth-order valence-corrected chi connectivity index (χ4v) is 4.59. The fraction of sp³-hybridized carbons (Fsp3) is 0.143. The van der Waals surface area contributed by atoms with Crippen LogP contribution in [-0.2, 0) is 23.2 Å². The third kappa shape index (κ3) is 4.33. The summed E-state index contributed by atoms with van der Waals surface area (Å²) in [6.07, 6.45) is -0.769. The minimum atomic E-state index is -4.75. The highest BCUT2D eigenvalue weighted by Crippen LogP contribution is 2.34. The average molecular weight is 510 g/mol. The van der Waals surface area contributed by atoms with Crippen LogP contribution in [-0.4, -0.2) is 33.9 Å². The number of sulfonamides is 1. The van der Waals surface area contributed by atoms with Gasteiger partial charge in [0, 0.05) is 25.0 Å². The lowest BCUT2D eigenvalue weighted by atomic mass is 10.1. The van der Waals surface area contributed by atoms with E-state index in [2.05, 4.69) is 19.8 Å². The van der Waals surface area contributed by atoms with Gasteiger partial charge in [-0.05, 0) is 36.8 Å². The van der Waals surface area contributed by atoms with Gasteiger partial charge in [0.05, 0.1) is 32.8 Å². The summed E-state index contributed by atoms with van der Waals surface area (Å²) < 4.78 is 69.4. The number of aryl methyl sites for hydroxylation is 2. The Hall–Kier alpha value is -3.51. The molecule has 0 atom stereocenters. The number of carbonyl (C=O) groups excluding carboxylic acids is 1. The van der Waals surface area contributed by atoms with Gasteiger partial charge in [0.15, 0.2) is 5.65 Å². The number of rotatable bonds is 5. The minimum absolute atomic E-state index is 0.00962. The Morgan fingerprint density at radius 1 is 1.12 bits per heavy atom. The molecule has 0 saturated carbocycles. The number of ketones is 1. The van der Waals surface area contributed by atoms with Gasteiger partial charge >= 0.3 is 6.18 Å². The van der Waals surface area contributed by atoms with Crippen LogP contribution in [0.5, 0.6) is 0 Å². The van der Waals surface area contributed by atoms with E-state index in [-0.39, 0.29) is 27.5 Å². The Kier molecular flexibility index (Phi) is 5.82. The van der Waals surface area contributed by atoms with Gasteiger partial charge in [-0.15, -0.1) is 0 Å². The van der Waals surface area contributed by atoms with E-state index < -0.39 is 32.4 Å². The maximum absolute atomic E-state index is 13.3. The predicted octanol–water partition coefficient (Wildman–Crippen LogP) is 4.38. The smallest absolute Gasteiger partial charge is 0.287 e. The molecule has 34 heavy (non-hydrogen) atoms. The Morgan fingerprint density at radius 3 is 2.56 bits per heavy atom. The van der Waals surface area contributed by atoms with Crippen molar-refractivity contribution in [3.8, 4) is 0 Å². The lowest BCUT2D eigenvalue weighted by Crippen LogP contribution is -2.18. The van der Waals surface area contributed by atoms with Crippen molar-refractivity contribution in [1.82, 2.24) is 19.7 Å². The van der Waals surface area contributed by atoms with Crippen LogP contribution in [0.4, 0.5) is 18.9 Å². The van der Waals surface area contributed by atoms with Crippen LogP contribution in [0.3, 0.4) is 0 Å². The summed E-state index contributed by atoms with van der Waals surface area (Å²) in [5.74, 6) is -0.658. The van der Waals surface area contributed by atoms with Crippen molar-refractivity contribution in [3.63, 3.8) is 0 Å². The first-order valence-corrected chi connectivity index (χ1v) is 11.4. The van der Waals surface area contributed by atoms with Crippen LogP contribution in [0.2, 0.25) is 5.02 Å². The van der Waals surface area contributed by atoms with Crippen LogP contribution in [0, 0.1) is 6.92 Å². The molecule has 176 valence electrons. The number of hydrogen-bond donors (Lipinski definition) is 1. The SMILES string of the molecule is Cc1ccc(S(=O)(=O)Nc2cc(Cl)cnc2C(=O)c2ccnc3c2cnn3C)cc1C(F)(F)F. The second-order valence-electron chi connectivity index (χ2n) is 7.32. The zero-order valence-electron chi connectivity index (χ0n) is 17.6. The number of nitrogens with zero attached hydrogens (tertiary/aromatic N) is 4. The third-order valence-electron chi connectivity index (χ3n) is 5.02. The van der Waals surface area contributed by atoms with E-state index >= 15 is 0 Å². The molecule has 8 nitrogen and oxygen atoms in total. The average Bonchev–Trinajstić information content (AvgIpc) is 3.13. The van der Waals surface area contributed by atoms with Crippen LogP contribution < -0.4 is 4.72 Å². The molecule has 0 unspecified atom stereocenters. The summed E-state index contributed by atoms with van der Waals surface area (Å²) in [6, 6.07) is 5.19. The molecule has 4 aromatic rings. The van der Waals surface area contributed by atoms with Crippen molar-refractivity contribution in [2.45, 2.75) is 18.0 Å². The molecule has 0 aliphatic heterocycles. The Morgan fingerprint density at radius 2 is 1.85 bits per heavy atom. The van der Waals surface area contributed by atoms with Gasteiger partial charge in [-0.25, -0.2) is 18.4 Å². The molecule has 0 fully saturated rings. The Bertz CT molecular complexity index is 1550. The summed E-state index contributed by atoms with van der Waals surface area (Å²) >= 11 is 5.97. The fourth-order valence-electron chi connectivity index (χ4n) is 3.35. The molecule has 0 aliphatic carbocycles. The van der Waals surface area contributed by atoms with Crippen molar-refractivity contribution in [1.29, 1.82) is 0 Å². The van der Waals surface area contributed by atoms with Gasteiger partial charge in [0.1, 0.15) is 5.69 Å². The van der Waals surface area contributed by atoms with E-state index in [9.17, 15) is 26.4 Å². The zero-order valence-corrected chi connectivity index (χ0v) is 19.1. The highest BCUT2D eigenvalue weighted by Gasteiger charge is 2.34. The van der Waals surface area contributed by atoms with Crippen LogP contribution >= 0.6 is 11.6 Å². The molecule has 4 rings (SSSR count). The second kappa shape index (κ2) is 8.37. The first-order chi connectivity index (χ1) is 15.9. The van der Waals surface area contributed by atoms with Gasteiger partial charge in [-0.3, -0.25) is 14.2 Å². The van der Waals surface area contributed by atoms with Crippen LogP contribution in [0.1, 0.15) is 27.2 Å². The number of alkyl halides is 3. The van der Waals surface area contributed by atoms with E-state index in [0.29, 0.717) is 17.1 Å². The van der Waals surface area contributed by atoms with Crippen LogP contribution in [0.25, 0.3) is 11.0 Å². The predicted molar refractivity (Wildman–Crippen MR) is 118 cm³/mol. The number of carbonyl (C=O) groups is 1. The molecule has 0 saturated heterocycles. The molecule has 3 aromatic heterocycles. The molecule has 0 amide bonds. The van der Waals surface area contributed by atoms with E-state index in [1.54, 1.807) is 7.05 Å². The maximum Gasteiger partial charge on any atom is 0.416 e. The van der Waals surface area contributed by atoms with Gasteiger partial charge in [0.25, 0.3) is 10.0 Å². The van der Waals surface area contributed by atoms with Crippen molar-refractivity contribution < 1.29 is 26.4 Å². The normalized spacial score (nSPS) is 12.2. The molecule has 3 heterocycles. The van der Waals surface area contributed by atoms with E-state index in [0.717, 1.165) is 24.4 Å². The second-order valence-corrected chi connectivity index (χ2v) is 9.44. The maximum atomic E-state index is 13.3. The molecule has 0 radical (unpaired) electrons. The van der Waals surface area contributed by atoms with Gasteiger partial charge < -0.3 is 0 Å². The molecule has 0 spiro atoms. The summed E-state index contributed by atoms with van der Waals surface area (Å²) in [5.41, 5.74) is -1.24. The Labute approximate surface area is 196 Å². The first-order valence-electron chi connectivity index (χ1n) is 9.56. The topological polar surface area (TPSA) is 107 Å². The molecule has 1 aromatic carbocycles. The van der Waals surface area contributed by atoms with Gasteiger partial charge in [0.2, 0.25) is 5.78 Å². The molecular formula is C21H15ClF3N5O3S. The number of anilines is 1. The number of benzene rings is 1. The quantitative estimate of drug-likeness (QED) is 0.400. The van der Waals surface area contributed by atoms with E-state index in [4.69, 9.17) is 11.6 Å². The number of hydrogen-bond acceptors (Lipinski definition) is 6. The summed E-state index contributed by atoms with van der Waals surface area (Å²) in [6.45, 7) is 1.22. The number of pyridine rings is 2. The molecule has 1 N–H and O–H groups in total. The standard InChI is InChI=1S/C21H15ClF3N5O3S/c1-11-3-4-13(8-16(11)21(23,24)25)34(32,33)29-17-7-12(22)9-27-18(17)19(31)14-5-6-26-20-15(14)10-28-30(20)2/h3-10,29H,1-2H3. The lowest BCUT2D eigenvalue weighted by molar-refractivity contribution is -0.138. The first kappa shape index (κ1) is 23.6. The lowest BCUT2D eigenvalue weighted by Gasteiger charge is -2.15. The van der Waals surface area contributed by atoms with Crippen LogP contribution in [0.15, 0.2) is 53.8 Å². The highest BCUT2D eigenvalue weighted by molar-refractivity contribution is 7.92.